The Kier molecular flexibility index (Phi) is 5.40. The molecule has 0 aliphatic carbocycles. The molecule has 0 saturated carbocycles. The largest absolute Gasteiger partial charge is 0.491 e. The molecule has 2 aromatic carbocycles. The molecule has 0 bridgehead atoms. The van der Waals surface area contributed by atoms with E-state index in [1.54, 1.807) is 0 Å². The Morgan fingerprint density at radius 3 is 2.58 bits per heavy atom. The molecule has 1 N–H and O–H groups in total. The first-order valence-electron chi connectivity index (χ1n) is 8.12. The molecule has 0 aliphatic rings. The number of ether oxygens (including phenoxy) is 1. The van der Waals surface area contributed by atoms with Crippen LogP contribution in [0, 0.1) is 3.57 Å². The van der Waals surface area contributed by atoms with Crippen molar-refractivity contribution >= 4 is 33.6 Å². The van der Waals surface area contributed by atoms with Gasteiger partial charge in [0.05, 0.1) is 7.05 Å². The van der Waals surface area contributed by atoms with Crippen molar-refractivity contribution in [2.75, 3.05) is 6.61 Å². The number of hydrogen-bond acceptors (Lipinski definition) is 2. The summed E-state index contributed by atoms with van der Waals surface area (Å²) in [6.45, 7) is 2.94. The fraction of sp³-hybridized carbons (Fsp3) is 0.316. The molecular weight excluding hydrogens is 415 g/mol. The van der Waals surface area contributed by atoms with E-state index in [-0.39, 0.29) is 6.61 Å². The van der Waals surface area contributed by atoms with E-state index < -0.39 is 6.10 Å². The Morgan fingerprint density at radius 1 is 1.17 bits per heavy atom. The second-order valence-corrected chi connectivity index (χ2v) is 7.09. The zero-order chi connectivity index (χ0) is 17.1. The molecule has 1 atom stereocenters. The lowest BCUT2D eigenvalue weighted by Gasteiger charge is -2.12. The number of halogens is 1. The predicted octanol–water partition coefficient (Wildman–Crippen LogP) is 3.07. The quantitative estimate of drug-likeness (QED) is 0.476. The van der Waals surface area contributed by atoms with Crippen LogP contribution < -0.4 is 9.30 Å². The number of aryl methyl sites for hydroxylation is 1. The molecule has 5 heteroatoms. The van der Waals surface area contributed by atoms with Crippen LogP contribution >= 0.6 is 22.6 Å². The molecule has 3 aromatic rings. The number of aliphatic hydroxyl groups is 1. The van der Waals surface area contributed by atoms with Crippen molar-refractivity contribution < 1.29 is 14.4 Å². The summed E-state index contributed by atoms with van der Waals surface area (Å²) in [4.78, 5) is 0. The second-order valence-electron chi connectivity index (χ2n) is 5.85. The number of benzene rings is 2. The molecule has 24 heavy (non-hydrogen) atoms. The number of rotatable bonds is 6. The molecule has 0 radical (unpaired) electrons. The average Bonchev–Trinajstić information content (AvgIpc) is 2.86. The predicted molar refractivity (Wildman–Crippen MR) is 103 cm³/mol. The van der Waals surface area contributed by atoms with E-state index in [1.165, 1.54) is 14.9 Å². The topological polar surface area (TPSA) is 38.3 Å². The van der Waals surface area contributed by atoms with Crippen LogP contribution in [0.4, 0.5) is 0 Å². The van der Waals surface area contributed by atoms with Gasteiger partial charge in [0, 0.05) is 9.99 Å². The maximum absolute atomic E-state index is 10.5. The van der Waals surface area contributed by atoms with Gasteiger partial charge in [-0.05, 0) is 59.0 Å². The highest BCUT2D eigenvalue weighted by Gasteiger charge is 2.23. The van der Waals surface area contributed by atoms with Crippen LogP contribution in [0.3, 0.4) is 0 Å². The third kappa shape index (κ3) is 3.57. The van der Waals surface area contributed by atoms with Crippen molar-refractivity contribution in [2.45, 2.75) is 26.0 Å². The van der Waals surface area contributed by atoms with Crippen molar-refractivity contribution in [3.05, 3.63) is 57.9 Å². The van der Waals surface area contributed by atoms with Crippen LogP contribution in [0.5, 0.6) is 5.75 Å². The zero-order valence-electron chi connectivity index (χ0n) is 13.9. The highest BCUT2D eigenvalue weighted by molar-refractivity contribution is 14.1. The summed E-state index contributed by atoms with van der Waals surface area (Å²) >= 11 is 2.26. The lowest BCUT2D eigenvalue weighted by Crippen LogP contribution is -2.34. The van der Waals surface area contributed by atoms with E-state index in [1.807, 2.05) is 36.4 Å². The van der Waals surface area contributed by atoms with Crippen molar-refractivity contribution in [3.8, 4) is 5.75 Å². The van der Waals surface area contributed by atoms with Gasteiger partial charge in [0.25, 0.3) is 5.82 Å². The molecule has 1 aromatic heterocycles. The van der Waals surface area contributed by atoms with Gasteiger partial charge in [-0.2, -0.15) is 0 Å². The summed E-state index contributed by atoms with van der Waals surface area (Å²) in [6, 6.07) is 16.1. The molecule has 0 fully saturated rings. The first-order valence-corrected chi connectivity index (χ1v) is 9.20. The van der Waals surface area contributed by atoms with E-state index in [9.17, 15) is 5.11 Å². The maximum atomic E-state index is 10.5. The van der Waals surface area contributed by atoms with Crippen LogP contribution in [0.2, 0.25) is 0 Å². The molecule has 4 nitrogen and oxygen atoms in total. The van der Waals surface area contributed by atoms with E-state index in [4.69, 9.17) is 4.74 Å². The Balaban J connectivity index is 1.75. The normalized spacial score (nSPS) is 12.5. The number of imidazole rings is 1. The van der Waals surface area contributed by atoms with Crippen molar-refractivity contribution in [1.29, 1.82) is 0 Å². The van der Waals surface area contributed by atoms with Gasteiger partial charge in [0.2, 0.25) is 0 Å². The lowest BCUT2D eigenvalue weighted by molar-refractivity contribution is -0.653. The molecule has 126 valence electrons. The van der Waals surface area contributed by atoms with Crippen molar-refractivity contribution in [2.24, 2.45) is 7.05 Å². The molecule has 0 saturated heterocycles. The standard InChI is InChI=1S/C19H22IN2O2/c1-3-19-21(2)17-6-4-5-7-18(17)22(19)12-15(23)13-24-16-10-8-14(20)9-11-16/h4-11,15,23H,3,12-13H2,1-2H3/q+1/t15-/m1/s1. The molecule has 0 amide bonds. The minimum atomic E-state index is -0.564. The van der Waals surface area contributed by atoms with Crippen molar-refractivity contribution in [3.63, 3.8) is 0 Å². The highest BCUT2D eigenvalue weighted by Crippen LogP contribution is 2.17. The first kappa shape index (κ1) is 17.2. The summed E-state index contributed by atoms with van der Waals surface area (Å²) in [5, 5.41) is 10.5. The minimum Gasteiger partial charge on any atom is -0.491 e. The average molecular weight is 437 g/mol. The first-order chi connectivity index (χ1) is 11.6. The smallest absolute Gasteiger partial charge is 0.256 e. The molecule has 1 heterocycles. The van der Waals surface area contributed by atoms with Gasteiger partial charge in [0.1, 0.15) is 25.0 Å². The van der Waals surface area contributed by atoms with Crippen molar-refractivity contribution in [1.82, 2.24) is 4.57 Å². The van der Waals surface area contributed by atoms with Crippen LogP contribution in [0.15, 0.2) is 48.5 Å². The van der Waals surface area contributed by atoms with Crippen LogP contribution in [-0.2, 0) is 20.0 Å². The highest BCUT2D eigenvalue weighted by atomic mass is 127. The molecule has 3 rings (SSSR count). The summed E-state index contributed by atoms with van der Waals surface area (Å²) in [7, 11) is 2.08. The number of aliphatic hydroxyl groups excluding tert-OH is 1. The zero-order valence-corrected chi connectivity index (χ0v) is 16.1. The van der Waals surface area contributed by atoms with Crippen LogP contribution in [-0.4, -0.2) is 22.4 Å². The number of fused-ring (bicyclic) bond motifs is 1. The van der Waals surface area contributed by atoms with Gasteiger partial charge in [-0.1, -0.05) is 19.1 Å². The Bertz CT molecular complexity index is 827. The van der Waals surface area contributed by atoms with Gasteiger partial charge >= 0.3 is 0 Å². The Morgan fingerprint density at radius 2 is 1.88 bits per heavy atom. The third-order valence-electron chi connectivity index (χ3n) is 4.20. The molecule has 0 unspecified atom stereocenters. The van der Waals surface area contributed by atoms with Gasteiger partial charge in [-0.25, -0.2) is 9.13 Å². The number of para-hydroxylation sites is 2. The van der Waals surface area contributed by atoms with E-state index in [0.717, 1.165) is 17.7 Å². The van der Waals surface area contributed by atoms with Crippen LogP contribution in [0.1, 0.15) is 12.7 Å². The van der Waals surface area contributed by atoms with Gasteiger partial charge in [0.15, 0.2) is 11.0 Å². The third-order valence-corrected chi connectivity index (χ3v) is 4.92. The number of nitrogens with zero attached hydrogens (tertiary/aromatic N) is 2. The molecule has 0 spiro atoms. The Hall–Kier alpha value is -1.60. The fourth-order valence-corrected chi connectivity index (χ4v) is 3.41. The fourth-order valence-electron chi connectivity index (χ4n) is 3.05. The van der Waals surface area contributed by atoms with E-state index in [2.05, 4.69) is 57.8 Å². The lowest BCUT2D eigenvalue weighted by atomic mass is 10.3. The second kappa shape index (κ2) is 7.53. The van der Waals surface area contributed by atoms with Gasteiger partial charge < -0.3 is 9.84 Å². The Labute approximate surface area is 155 Å². The molecular formula is C19H22IN2O2+. The summed E-state index contributed by atoms with van der Waals surface area (Å²) in [6.07, 6.45) is 0.348. The van der Waals surface area contributed by atoms with E-state index in [0.29, 0.717) is 6.54 Å². The summed E-state index contributed by atoms with van der Waals surface area (Å²) < 4.78 is 11.3. The number of aromatic nitrogens is 2. The minimum absolute atomic E-state index is 0.278. The van der Waals surface area contributed by atoms with Crippen LogP contribution in [0.25, 0.3) is 11.0 Å². The SMILES string of the molecule is CCc1n(C[C@@H](O)COc2ccc(I)cc2)c2ccccc2[n+]1C. The maximum Gasteiger partial charge on any atom is 0.256 e. The summed E-state index contributed by atoms with van der Waals surface area (Å²) in [5.41, 5.74) is 2.32. The number of hydrogen-bond donors (Lipinski definition) is 1. The van der Waals surface area contributed by atoms with Gasteiger partial charge in [-0.15, -0.1) is 0 Å². The van der Waals surface area contributed by atoms with Gasteiger partial charge in [-0.3, -0.25) is 0 Å². The van der Waals surface area contributed by atoms with E-state index >= 15 is 0 Å². The summed E-state index contributed by atoms with van der Waals surface area (Å²) in [5.74, 6) is 1.98. The monoisotopic (exact) mass is 437 g/mol. The molecule has 0 aliphatic heterocycles.